The van der Waals surface area contributed by atoms with Gasteiger partial charge in [-0.15, -0.1) is 5.10 Å². The molecule has 0 aliphatic carbocycles. The van der Waals surface area contributed by atoms with Crippen LogP contribution in [-0.4, -0.2) is 58.3 Å². The molecule has 1 fully saturated rings. The SMILES string of the molecule is C=CC(=O)N1CCC(n2nnc(-c3cc(O[C@H](C)c4ccn(C)n4)c4c(Cl)cnn4c3)c2C)CC1. The first-order valence-electron chi connectivity index (χ1n) is 11.5. The quantitative estimate of drug-likeness (QED) is 0.378. The number of carbonyl (C=O) groups excluding carboxylic acids is 1. The van der Waals surface area contributed by atoms with E-state index in [4.69, 9.17) is 16.3 Å². The molecule has 1 aliphatic heterocycles. The number of piperidine rings is 1. The summed E-state index contributed by atoms with van der Waals surface area (Å²) in [5.74, 6) is 0.562. The molecule has 1 atom stereocenters. The fourth-order valence-corrected chi connectivity index (χ4v) is 4.81. The molecule has 5 rings (SSSR count). The van der Waals surface area contributed by atoms with Crippen LogP contribution >= 0.6 is 11.6 Å². The number of carbonyl (C=O) groups is 1. The van der Waals surface area contributed by atoms with Crippen LogP contribution in [0.1, 0.15) is 43.3 Å². The third-order valence-corrected chi connectivity index (χ3v) is 6.76. The smallest absolute Gasteiger partial charge is 0.245 e. The van der Waals surface area contributed by atoms with Crippen molar-refractivity contribution in [2.45, 2.75) is 38.8 Å². The van der Waals surface area contributed by atoms with Gasteiger partial charge in [0.15, 0.2) is 0 Å². The van der Waals surface area contributed by atoms with Crippen LogP contribution in [0.15, 0.2) is 43.4 Å². The Bertz CT molecular complexity index is 1400. The van der Waals surface area contributed by atoms with Gasteiger partial charge in [-0.25, -0.2) is 9.20 Å². The maximum Gasteiger partial charge on any atom is 0.245 e. The standard InChI is InChI=1S/C24H27ClN8O2/c1-5-22(34)31-10-6-18(7-11-31)33-15(2)23(27-29-33)17-12-21(24-19(25)13-26-32(24)14-17)35-16(3)20-8-9-30(4)28-20/h5,8-9,12-14,16,18H,1,6-7,10-11H2,2-4H3/t16-/m1/s1. The van der Waals surface area contributed by atoms with Gasteiger partial charge >= 0.3 is 0 Å². The van der Waals surface area contributed by atoms with E-state index in [1.54, 1.807) is 15.4 Å². The van der Waals surface area contributed by atoms with E-state index >= 15 is 0 Å². The molecule has 0 N–H and O–H groups in total. The maximum absolute atomic E-state index is 11.9. The van der Waals surface area contributed by atoms with Crippen LogP contribution in [0.25, 0.3) is 16.8 Å². The molecule has 0 radical (unpaired) electrons. The van der Waals surface area contributed by atoms with Crippen molar-refractivity contribution in [1.29, 1.82) is 0 Å². The van der Waals surface area contributed by atoms with E-state index in [9.17, 15) is 4.79 Å². The molecule has 1 aliphatic rings. The molecule has 4 aromatic heterocycles. The minimum absolute atomic E-state index is 0.0295. The molecule has 0 aromatic carbocycles. The lowest BCUT2D eigenvalue weighted by Crippen LogP contribution is -2.38. The highest BCUT2D eigenvalue weighted by atomic mass is 35.5. The molecular formula is C24H27ClN8O2. The van der Waals surface area contributed by atoms with Gasteiger partial charge in [-0.2, -0.15) is 10.2 Å². The summed E-state index contributed by atoms with van der Waals surface area (Å²) in [6, 6.07) is 4.02. The van der Waals surface area contributed by atoms with E-state index in [1.165, 1.54) is 6.08 Å². The summed E-state index contributed by atoms with van der Waals surface area (Å²) in [6.07, 6.45) is 8.06. The topological polar surface area (TPSA) is 95.4 Å². The Morgan fingerprint density at radius 3 is 2.80 bits per heavy atom. The van der Waals surface area contributed by atoms with Gasteiger partial charge in [-0.3, -0.25) is 9.48 Å². The van der Waals surface area contributed by atoms with Gasteiger partial charge in [0.2, 0.25) is 5.91 Å². The Morgan fingerprint density at radius 2 is 2.11 bits per heavy atom. The number of halogens is 1. The highest BCUT2D eigenvalue weighted by molar-refractivity contribution is 6.34. The molecule has 10 nitrogen and oxygen atoms in total. The first-order valence-corrected chi connectivity index (χ1v) is 11.9. The van der Waals surface area contributed by atoms with Gasteiger partial charge in [-0.05, 0) is 44.9 Å². The number of aryl methyl sites for hydroxylation is 1. The fourth-order valence-electron chi connectivity index (χ4n) is 4.58. The summed E-state index contributed by atoms with van der Waals surface area (Å²) in [7, 11) is 1.87. The highest BCUT2D eigenvalue weighted by Crippen LogP contribution is 2.35. The second-order valence-electron chi connectivity index (χ2n) is 8.78. The third-order valence-electron chi connectivity index (χ3n) is 6.48. The monoisotopic (exact) mass is 494 g/mol. The lowest BCUT2D eigenvalue weighted by Gasteiger charge is -2.31. The number of aromatic nitrogens is 7. The van der Waals surface area contributed by atoms with Crippen LogP contribution in [0.2, 0.25) is 5.02 Å². The molecular weight excluding hydrogens is 468 g/mol. The van der Waals surface area contributed by atoms with Gasteiger partial charge in [-0.1, -0.05) is 23.4 Å². The van der Waals surface area contributed by atoms with Crippen LogP contribution < -0.4 is 4.74 Å². The van der Waals surface area contributed by atoms with Crippen LogP contribution in [0, 0.1) is 6.92 Å². The summed E-state index contributed by atoms with van der Waals surface area (Å²) >= 11 is 6.44. The van der Waals surface area contributed by atoms with Crippen LogP contribution in [0.5, 0.6) is 5.75 Å². The predicted molar refractivity (Wildman–Crippen MR) is 131 cm³/mol. The number of rotatable bonds is 6. The molecule has 0 unspecified atom stereocenters. The normalized spacial score (nSPS) is 15.5. The number of ether oxygens (including phenoxy) is 1. The Kier molecular flexibility index (Phi) is 6.06. The molecule has 0 saturated carbocycles. The Balaban J connectivity index is 1.45. The average Bonchev–Trinajstić information content (AvgIpc) is 3.57. The first kappa shape index (κ1) is 23.1. The zero-order chi connectivity index (χ0) is 24.7. The number of amides is 1. The summed E-state index contributed by atoms with van der Waals surface area (Å²) < 4.78 is 11.7. The molecule has 1 amide bonds. The summed E-state index contributed by atoms with van der Waals surface area (Å²) in [6.45, 7) is 8.88. The van der Waals surface area contributed by atoms with E-state index in [0.29, 0.717) is 29.4 Å². The van der Waals surface area contributed by atoms with Crippen molar-refractivity contribution in [3.8, 4) is 17.0 Å². The molecule has 5 heterocycles. The molecule has 182 valence electrons. The number of hydrogen-bond acceptors (Lipinski definition) is 6. The zero-order valence-corrected chi connectivity index (χ0v) is 20.7. The molecule has 0 spiro atoms. The van der Waals surface area contributed by atoms with Gasteiger partial charge < -0.3 is 9.64 Å². The van der Waals surface area contributed by atoms with Crippen molar-refractivity contribution >= 4 is 23.0 Å². The first-order chi connectivity index (χ1) is 16.9. The van der Waals surface area contributed by atoms with E-state index in [2.05, 4.69) is 27.1 Å². The maximum atomic E-state index is 11.9. The zero-order valence-electron chi connectivity index (χ0n) is 19.9. The van der Waals surface area contributed by atoms with Crippen molar-refractivity contribution < 1.29 is 9.53 Å². The van der Waals surface area contributed by atoms with Crippen molar-refractivity contribution in [3.63, 3.8) is 0 Å². The van der Waals surface area contributed by atoms with Gasteiger partial charge in [0.25, 0.3) is 0 Å². The number of pyridine rings is 1. The lowest BCUT2D eigenvalue weighted by atomic mass is 10.0. The molecule has 35 heavy (non-hydrogen) atoms. The van der Waals surface area contributed by atoms with E-state index in [0.717, 1.165) is 35.5 Å². The molecule has 1 saturated heterocycles. The largest absolute Gasteiger partial charge is 0.482 e. The van der Waals surface area contributed by atoms with Crippen molar-refractivity contribution in [3.05, 3.63) is 59.8 Å². The average molecular weight is 495 g/mol. The van der Waals surface area contributed by atoms with E-state index in [-0.39, 0.29) is 18.1 Å². The van der Waals surface area contributed by atoms with Crippen molar-refractivity contribution in [2.75, 3.05) is 13.1 Å². The van der Waals surface area contributed by atoms with Crippen molar-refractivity contribution in [2.24, 2.45) is 7.05 Å². The predicted octanol–water partition coefficient (Wildman–Crippen LogP) is 3.78. The second-order valence-corrected chi connectivity index (χ2v) is 9.19. The van der Waals surface area contributed by atoms with Gasteiger partial charge in [0.1, 0.15) is 28.8 Å². The molecule has 4 aromatic rings. The minimum Gasteiger partial charge on any atom is -0.482 e. The van der Waals surface area contributed by atoms with Crippen LogP contribution in [0.3, 0.4) is 0 Å². The summed E-state index contributed by atoms with van der Waals surface area (Å²) in [5.41, 5.74) is 4.01. The number of likely N-dealkylation sites (tertiary alicyclic amines) is 1. The van der Waals surface area contributed by atoms with E-state index in [1.807, 2.05) is 55.0 Å². The summed E-state index contributed by atoms with van der Waals surface area (Å²) in [5, 5.41) is 18.3. The lowest BCUT2D eigenvalue weighted by molar-refractivity contribution is -0.127. The Hall–Kier alpha value is -3.66. The summed E-state index contributed by atoms with van der Waals surface area (Å²) in [4.78, 5) is 13.7. The molecule has 0 bridgehead atoms. The highest BCUT2D eigenvalue weighted by Gasteiger charge is 2.26. The second kappa shape index (κ2) is 9.18. The Morgan fingerprint density at radius 1 is 1.34 bits per heavy atom. The van der Waals surface area contributed by atoms with Gasteiger partial charge in [0, 0.05) is 38.1 Å². The number of nitrogens with zero attached hydrogens (tertiary/aromatic N) is 8. The van der Waals surface area contributed by atoms with Crippen molar-refractivity contribution in [1.82, 2.24) is 39.3 Å². The third kappa shape index (κ3) is 4.29. The van der Waals surface area contributed by atoms with Crippen LogP contribution in [0.4, 0.5) is 0 Å². The fraction of sp³-hybridized carbons (Fsp3) is 0.375. The number of fused-ring (bicyclic) bond motifs is 1. The van der Waals surface area contributed by atoms with Crippen LogP contribution in [-0.2, 0) is 11.8 Å². The molecule has 11 heteroatoms. The van der Waals surface area contributed by atoms with Gasteiger partial charge in [0.05, 0.1) is 23.0 Å². The van der Waals surface area contributed by atoms with E-state index < -0.39 is 0 Å². The minimum atomic E-state index is -0.290. The number of hydrogen-bond donors (Lipinski definition) is 0. The Labute approximate surface area is 207 Å².